The summed E-state index contributed by atoms with van der Waals surface area (Å²) in [5.74, 6) is -0.230. The Bertz CT molecular complexity index is 251. The average Bonchev–Trinajstić information content (AvgIpc) is 1.98. The van der Waals surface area contributed by atoms with Gasteiger partial charge in [-0.3, -0.25) is 0 Å². The second kappa shape index (κ2) is 5.89. The van der Waals surface area contributed by atoms with Gasteiger partial charge in [-0.15, -0.1) is 0 Å². The molecule has 0 saturated carbocycles. The van der Waals surface area contributed by atoms with Crippen molar-refractivity contribution in [3.05, 3.63) is 5.20 Å². The Hall–Kier alpha value is 0.276. The predicted molar refractivity (Wildman–Crippen MR) is 54.4 cm³/mol. The van der Waals surface area contributed by atoms with Crippen molar-refractivity contribution in [2.75, 3.05) is 6.61 Å². The minimum absolute atomic E-state index is 0.230. The van der Waals surface area contributed by atoms with Crippen molar-refractivity contribution in [1.82, 2.24) is 0 Å². The summed E-state index contributed by atoms with van der Waals surface area (Å²) in [7, 11) is 4.02. The molecule has 0 saturated heterocycles. The van der Waals surface area contributed by atoms with E-state index in [1.165, 1.54) is 0 Å². The zero-order valence-electron chi connectivity index (χ0n) is 8.23. The summed E-state index contributed by atoms with van der Waals surface area (Å²) in [6.07, 6.45) is 0. The third-order valence-corrected chi connectivity index (χ3v) is 5.07. The summed E-state index contributed by atoms with van der Waals surface area (Å²) in [4.78, 5) is 11.5. The number of carbonyl (C=O) groups excluding carboxylic acids is 1. The fraction of sp³-hybridized carbons (Fsp3) is 0.625. The maximum absolute atomic E-state index is 11.5. The first-order chi connectivity index (χ1) is 5.93. The monoisotopic (exact) mass is 398 g/mol. The molecule has 78 valence electrons. The van der Waals surface area contributed by atoms with Gasteiger partial charge in [-0.1, -0.05) is 0 Å². The number of carbonyl (C=O) groups is 1. The summed E-state index contributed by atoms with van der Waals surface area (Å²) < 4.78 is 7.94. The summed E-state index contributed by atoms with van der Waals surface area (Å²) in [5, 5.41) is 0.712. The van der Waals surface area contributed by atoms with Crippen LogP contribution in [0.4, 0.5) is 0 Å². The molecule has 0 aromatic rings. The van der Waals surface area contributed by atoms with Gasteiger partial charge in [0.15, 0.2) is 0 Å². The van der Waals surface area contributed by atoms with Gasteiger partial charge >= 0.3 is 91.9 Å². The molecule has 0 fully saturated rings. The van der Waals surface area contributed by atoms with Crippen molar-refractivity contribution in [3.63, 3.8) is 0 Å². The number of rotatable bonds is 3. The van der Waals surface area contributed by atoms with Crippen LogP contribution in [-0.4, -0.2) is 24.8 Å². The third-order valence-electron chi connectivity index (χ3n) is 1.34. The normalized spacial score (nSPS) is 10.8. The molecule has 0 N–H and O–H groups in total. The van der Waals surface area contributed by atoms with Crippen molar-refractivity contribution >= 4 is 27.8 Å². The zero-order chi connectivity index (χ0) is 10.5. The van der Waals surface area contributed by atoms with Crippen LogP contribution in [-0.2, 0) is 25.8 Å². The van der Waals surface area contributed by atoms with Crippen molar-refractivity contribution in [3.8, 4) is 0 Å². The van der Waals surface area contributed by atoms with Gasteiger partial charge < -0.3 is 0 Å². The zero-order valence-corrected chi connectivity index (χ0v) is 12.4. The molecule has 0 spiro atoms. The Balaban J connectivity index is 4.86. The summed E-state index contributed by atoms with van der Waals surface area (Å²) >= 11 is -0.744. The summed E-state index contributed by atoms with van der Waals surface area (Å²) in [6, 6.07) is 0. The van der Waals surface area contributed by atoms with E-state index in [1.54, 1.807) is 6.92 Å². The topological polar surface area (TPSA) is 26.3 Å². The van der Waals surface area contributed by atoms with Crippen LogP contribution in [0.25, 0.3) is 0 Å². The standard InChI is InChI=1S/C8H14O2Si.ClH.Ir/c1-6-10-8(9)7(2)11(3,4)5;;/h6H2,1,3-5H3;1H;/q;;+1/p-1. The third kappa shape index (κ3) is 4.89. The van der Waals surface area contributed by atoms with Gasteiger partial charge in [0.05, 0.1) is 0 Å². The predicted octanol–water partition coefficient (Wildman–Crippen LogP) is 1.99. The van der Waals surface area contributed by atoms with Crippen LogP contribution in [0.3, 0.4) is 0 Å². The average molecular weight is 398 g/mol. The van der Waals surface area contributed by atoms with E-state index in [1.807, 2.05) is 0 Å². The van der Waals surface area contributed by atoms with Crippen LogP contribution in [0, 0.1) is 0 Å². The second-order valence-electron chi connectivity index (χ2n) is 3.49. The van der Waals surface area contributed by atoms with Gasteiger partial charge in [-0.25, -0.2) is 0 Å². The fourth-order valence-corrected chi connectivity index (χ4v) is 6.09. The molecule has 0 radical (unpaired) electrons. The molecule has 0 aromatic heterocycles. The minimum atomic E-state index is -1.63. The fourth-order valence-electron chi connectivity index (χ4n) is 0.700. The SMILES string of the molecule is CCOC(=O)C(=[C]=[Ir][Cl])[Si](C)(C)C. The first-order valence-electron chi connectivity index (χ1n) is 3.95. The van der Waals surface area contributed by atoms with E-state index in [0.29, 0.717) is 11.8 Å². The van der Waals surface area contributed by atoms with Crippen molar-refractivity contribution in [2.45, 2.75) is 26.6 Å². The van der Waals surface area contributed by atoms with Gasteiger partial charge in [0.1, 0.15) is 0 Å². The van der Waals surface area contributed by atoms with Crippen molar-refractivity contribution in [1.29, 1.82) is 0 Å². The molecule has 0 aliphatic rings. The number of esters is 1. The molecule has 0 unspecified atom stereocenters. The van der Waals surface area contributed by atoms with Crippen molar-refractivity contribution in [2.24, 2.45) is 0 Å². The van der Waals surface area contributed by atoms with Crippen LogP contribution in [0.5, 0.6) is 0 Å². The van der Waals surface area contributed by atoms with E-state index < -0.39 is 24.3 Å². The molecule has 0 aliphatic heterocycles. The van der Waals surface area contributed by atoms with E-state index in [4.69, 9.17) is 14.3 Å². The van der Waals surface area contributed by atoms with E-state index in [-0.39, 0.29) is 5.97 Å². The Kier molecular flexibility index (Phi) is 6.02. The van der Waals surface area contributed by atoms with Crippen LogP contribution >= 0.6 is 9.58 Å². The number of ether oxygens (including phenoxy) is 1. The van der Waals surface area contributed by atoms with E-state index >= 15 is 0 Å². The Morgan fingerprint density at radius 2 is 2.08 bits per heavy atom. The van der Waals surface area contributed by atoms with E-state index in [9.17, 15) is 4.79 Å². The Labute approximate surface area is 91.8 Å². The first kappa shape index (κ1) is 13.3. The number of hydrogen-bond donors (Lipinski definition) is 0. The molecule has 5 heteroatoms. The molecule has 0 amide bonds. The Morgan fingerprint density at radius 3 is 2.38 bits per heavy atom. The molecule has 0 aliphatic carbocycles. The Morgan fingerprint density at radius 1 is 1.54 bits per heavy atom. The van der Waals surface area contributed by atoms with Gasteiger partial charge in [0.2, 0.25) is 0 Å². The van der Waals surface area contributed by atoms with Crippen molar-refractivity contribution < 1.29 is 25.8 Å². The molecule has 0 heterocycles. The molecule has 0 atom stereocenters. The molecule has 0 rings (SSSR count). The molecular weight excluding hydrogens is 384 g/mol. The maximum atomic E-state index is 11.5. The second-order valence-corrected chi connectivity index (χ2v) is 10.6. The van der Waals surface area contributed by atoms with E-state index in [2.05, 4.69) is 23.8 Å². The van der Waals surface area contributed by atoms with Gasteiger partial charge in [-0.05, 0) is 0 Å². The molecule has 13 heavy (non-hydrogen) atoms. The van der Waals surface area contributed by atoms with Crippen LogP contribution in [0.2, 0.25) is 19.6 Å². The molecule has 0 aromatic carbocycles. The first-order valence-corrected chi connectivity index (χ1v) is 11.6. The quantitative estimate of drug-likeness (QED) is 0.413. The van der Waals surface area contributed by atoms with Gasteiger partial charge in [-0.2, -0.15) is 0 Å². The van der Waals surface area contributed by atoms with Gasteiger partial charge in [0.25, 0.3) is 0 Å². The number of hydrogen-bond acceptors (Lipinski definition) is 2. The summed E-state index contributed by atoms with van der Waals surface area (Å²) in [6.45, 7) is 8.48. The van der Waals surface area contributed by atoms with Crippen LogP contribution < -0.4 is 0 Å². The number of halogens is 1. The summed E-state index contributed by atoms with van der Waals surface area (Å²) in [5.41, 5.74) is 0. The van der Waals surface area contributed by atoms with Gasteiger partial charge in [0, 0.05) is 0 Å². The van der Waals surface area contributed by atoms with Crippen LogP contribution in [0.15, 0.2) is 5.20 Å². The van der Waals surface area contributed by atoms with E-state index in [0.717, 1.165) is 0 Å². The van der Waals surface area contributed by atoms with Crippen LogP contribution in [0.1, 0.15) is 6.92 Å². The molecule has 2 nitrogen and oxygen atoms in total. The molecule has 0 bridgehead atoms. The molecular formula is C8H14ClIrO2Si.